The predicted molar refractivity (Wildman–Crippen MR) is 54.5 cm³/mol. The second-order valence-corrected chi connectivity index (χ2v) is 3.73. The molecule has 1 rings (SSSR count). The van der Waals surface area contributed by atoms with Gasteiger partial charge in [0.1, 0.15) is 0 Å². The molecule has 0 amide bonds. The second-order valence-electron chi connectivity index (χ2n) is 3.32. The van der Waals surface area contributed by atoms with Crippen molar-refractivity contribution in [1.82, 2.24) is 4.98 Å². The van der Waals surface area contributed by atoms with Crippen LogP contribution in [0.5, 0.6) is 0 Å². The Balaban J connectivity index is 2.85. The summed E-state index contributed by atoms with van der Waals surface area (Å²) in [5, 5.41) is 9.26. The SMILES string of the molecule is Cc1ccc(Cl)c(CC(C)C(=O)O)n1. The van der Waals surface area contributed by atoms with Crippen molar-refractivity contribution in [3.05, 3.63) is 28.5 Å². The summed E-state index contributed by atoms with van der Waals surface area (Å²) in [5.41, 5.74) is 1.50. The van der Waals surface area contributed by atoms with Gasteiger partial charge in [-0.25, -0.2) is 0 Å². The normalized spacial score (nSPS) is 12.5. The van der Waals surface area contributed by atoms with Crippen LogP contribution in [0, 0.1) is 12.8 Å². The molecule has 0 aromatic carbocycles. The Bertz CT molecular complexity index is 352. The molecular formula is C10H12ClNO2. The first-order chi connectivity index (χ1) is 6.50. The Morgan fingerprint density at radius 1 is 1.64 bits per heavy atom. The fourth-order valence-corrected chi connectivity index (χ4v) is 1.30. The summed E-state index contributed by atoms with van der Waals surface area (Å²) in [6.45, 7) is 3.49. The van der Waals surface area contributed by atoms with Crippen molar-refractivity contribution in [1.29, 1.82) is 0 Å². The van der Waals surface area contributed by atoms with Gasteiger partial charge in [0.05, 0.1) is 16.6 Å². The van der Waals surface area contributed by atoms with E-state index >= 15 is 0 Å². The van der Waals surface area contributed by atoms with Gasteiger partial charge in [0, 0.05) is 12.1 Å². The molecule has 1 heterocycles. The topological polar surface area (TPSA) is 50.2 Å². The van der Waals surface area contributed by atoms with E-state index in [0.717, 1.165) is 5.69 Å². The van der Waals surface area contributed by atoms with Crippen LogP contribution >= 0.6 is 11.6 Å². The first-order valence-corrected chi connectivity index (χ1v) is 4.73. The third kappa shape index (κ3) is 2.70. The number of pyridine rings is 1. The van der Waals surface area contributed by atoms with Crippen molar-refractivity contribution in [2.45, 2.75) is 20.3 Å². The molecule has 0 bridgehead atoms. The zero-order valence-electron chi connectivity index (χ0n) is 8.12. The molecular weight excluding hydrogens is 202 g/mol. The average Bonchev–Trinajstić information content (AvgIpc) is 2.11. The number of carbonyl (C=O) groups is 1. The zero-order chi connectivity index (χ0) is 10.7. The number of carboxylic acid groups (broad SMARTS) is 1. The van der Waals surface area contributed by atoms with E-state index in [0.29, 0.717) is 17.1 Å². The van der Waals surface area contributed by atoms with Crippen LogP contribution in [0.25, 0.3) is 0 Å². The molecule has 3 nitrogen and oxygen atoms in total. The average molecular weight is 214 g/mol. The highest BCUT2D eigenvalue weighted by molar-refractivity contribution is 6.31. The van der Waals surface area contributed by atoms with Gasteiger partial charge in [-0.1, -0.05) is 18.5 Å². The molecule has 0 saturated carbocycles. The highest BCUT2D eigenvalue weighted by Crippen LogP contribution is 2.17. The lowest BCUT2D eigenvalue weighted by atomic mass is 10.1. The summed E-state index contributed by atoms with van der Waals surface area (Å²) in [7, 11) is 0. The van der Waals surface area contributed by atoms with E-state index in [1.807, 2.05) is 6.92 Å². The molecule has 76 valence electrons. The van der Waals surface area contributed by atoms with Gasteiger partial charge in [-0.3, -0.25) is 9.78 Å². The Kier molecular flexibility index (Phi) is 3.47. The third-order valence-corrected chi connectivity index (χ3v) is 2.32. The first-order valence-electron chi connectivity index (χ1n) is 4.35. The molecule has 1 N–H and O–H groups in total. The summed E-state index contributed by atoms with van der Waals surface area (Å²) in [6.07, 6.45) is 0.371. The quantitative estimate of drug-likeness (QED) is 0.838. The molecule has 0 aliphatic heterocycles. The van der Waals surface area contributed by atoms with Crippen molar-refractivity contribution in [3.8, 4) is 0 Å². The van der Waals surface area contributed by atoms with E-state index in [-0.39, 0.29) is 0 Å². The monoisotopic (exact) mass is 213 g/mol. The van der Waals surface area contributed by atoms with E-state index in [1.54, 1.807) is 19.1 Å². The van der Waals surface area contributed by atoms with Gasteiger partial charge in [-0.05, 0) is 19.1 Å². The maximum Gasteiger partial charge on any atom is 0.306 e. The van der Waals surface area contributed by atoms with Crippen molar-refractivity contribution >= 4 is 17.6 Å². The lowest BCUT2D eigenvalue weighted by Crippen LogP contribution is -2.13. The van der Waals surface area contributed by atoms with Crippen LogP contribution in [0.3, 0.4) is 0 Å². The number of hydrogen-bond acceptors (Lipinski definition) is 2. The number of aliphatic carboxylic acids is 1. The van der Waals surface area contributed by atoms with Gasteiger partial charge < -0.3 is 5.11 Å². The number of carboxylic acids is 1. The molecule has 1 aromatic rings. The number of halogens is 1. The fourth-order valence-electron chi connectivity index (χ4n) is 1.11. The maximum atomic E-state index is 10.6. The molecule has 1 atom stereocenters. The van der Waals surface area contributed by atoms with Crippen molar-refractivity contribution in [2.24, 2.45) is 5.92 Å². The standard InChI is InChI=1S/C10H12ClNO2/c1-6(10(13)14)5-9-8(11)4-3-7(2)12-9/h3-4,6H,5H2,1-2H3,(H,13,14). The van der Waals surface area contributed by atoms with Crippen LogP contribution in [-0.2, 0) is 11.2 Å². The van der Waals surface area contributed by atoms with E-state index in [9.17, 15) is 4.79 Å². The lowest BCUT2D eigenvalue weighted by Gasteiger charge is -2.07. The van der Waals surface area contributed by atoms with E-state index in [2.05, 4.69) is 4.98 Å². The number of aromatic nitrogens is 1. The Labute approximate surface area is 87.7 Å². The van der Waals surface area contributed by atoms with Crippen LogP contribution in [0.4, 0.5) is 0 Å². The summed E-state index contributed by atoms with van der Waals surface area (Å²) in [5.74, 6) is -1.29. The molecule has 0 spiro atoms. The van der Waals surface area contributed by atoms with Crippen LogP contribution in [-0.4, -0.2) is 16.1 Å². The Hall–Kier alpha value is -1.09. The number of nitrogens with zero attached hydrogens (tertiary/aromatic N) is 1. The predicted octanol–water partition coefficient (Wildman–Crippen LogP) is 2.31. The zero-order valence-corrected chi connectivity index (χ0v) is 8.88. The molecule has 1 aromatic heterocycles. The summed E-state index contributed by atoms with van der Waals surface area (Å²) in [4.78, 5) is 14.8. The highest BCUT2D eigenvalue weighted by Gasteiger charge is 2.14. The van der Waals surface area contributed by atoms with Gasteiger partial charge in [0.25, 0.3) is 0 Å². The number of rotatable bonds is 3. The lowest BCUT2D eigenvalue weighted by molar-refractivity contribution is -0.141. The highest BCUT2D eigenvalue weighted by atomic mass is 35.5. The number of hydrogen-bond donors (Lipinski definition) is 1. The summed E-state index contributed by atoms with van der Waals surface area (Å²) >= 11 is 5.89. The summed E-state index contributed by atoms with van der Waals surface area (Å²) < 4.78 is 0. The van der Waals surface area contributed by atoms with Crippen LogP contribution in [0.2, 0.25) is 5.02 Å². The van der Waals surface area contributed by atoms with Crippen LogP contribution in [0.15, 0.2) is 12.1 Å². The first kappa shape index (κ1) is 11.0. The van der Waals surface area contributed by atoms with Gasteiger partial charge in [0.15, 0.2) is 0 Å². The van der Waals surface area contributed by atoms with Crippen LogP contribution in [0.1, 0.15) is 18.3 Å². The molecule has 14 heavy (non-hydrogen) atoms. The minimum absolute atomic E-state index is 0.371. The molecule has 0 fully saturated rings. The van der Waals surface area contributed by atoms with Gasteiger partial charge in [-0.2, -0.15) is 0 Å². The van der Waals surface area contributed by atoms with Crippen molar-refractivity contribution < 1.29 is 9.90 Å². The Morgan fingerprint density at radius 2 is 2.29 bits per heavy atom. The smallest absolute Gasteiger partial charge is 0.306 e. The van der Waals surface area contributed by atoms with Crippen molar-refractivity contribution in [2.75, 3.05) is 0 Å². The van der Waals surface area contributed by atoms with E-state index < -0.39 is 11.9 Å². The van der Waals surface area contributed by atoms with Gasteiger partial charge in [0.2, 0.25) is 0 Å². The van der Waals surface area contributed by atoms with E-state index in [4.69, 9.17) is 16.7 Å². The largest absolute Gasteiger partial charge is 0.481 e. The van der Waals surface area contributed by atoms with E-state index in [1.165, 1.54) is 0 Å². The molecule has 0 radical (unpaired) electrons. The molecule has 1 unspecified atom stereocenters. The van der Waals surface area contributed by atoms with Crippen LogP contribution < -0.4 is 0 Å². The second kappa shape index (κ2) is 4.42. The molecule has 0 aliphatic rings. The number of aryl methyl sites for hydroxylation is 1. The summed E-state index contributed by atoms with van der Waals surface area (Å²) in [6, 6.07) is 3.55. The van der Waals surface area contributed by atoms with Crippen molar-refractivity contribution in [3.63, 3.8) is 0 Å². The van der Waals surface area contributed by atoms with Gasteiger partial charge in [-0.15, -0.1) is 0 Å². The molecule has 0 aliphatic carbocycles. The molecule has 0 saturated heterocycles. The maximum absolute atomic E-state index is 10.6. The Morgan fingerprint density at radius 3 is 2.86 bits per heavy atom. The van der Waals surface area contributed by atoms with Gasteiger partial charge >= 0.3 is 5.97 Å². The minimum Gasteiger partial charge on any atom is -0.481 e. The fraction of sp³-hybridized carbons (Fsp3) is 0.400. The third-order valence-electron chi connectivity index (χ3n) is 1.98. The minimum atomic E-state index is -0.829. The molecule has 4 heteroatoms.